The molecule has 2 aromatic rings. The second kappa shape index (κ2) is 9.45. The monoisotopic (exact) mass is 298 g/mol. The summed E-state index contributed by atoms with van der Waals surface area (Å²) < 4.78 is 2.34. The highest BCUT2D eigenvalue weighted by Gasteiger charge is 2.04. The van der Waals surface area contributed by atoms with E-state index < -0.39 is 0 Å². The predicted molar refractivity (Wildman–Crippen MR) is 94.2 cm³/mol. The van der Waals surface area contributed by atoms with E-state index >= 15 is 0 Å². The average Bonchev–Trinajstić information content (AvgIpc) is 2.88. The Morgan fingerprint density at radius 3 is 2.45 bits per heavy atom. The lowest BCUT2D eigenvalue weighted by molar-refractivity contribution is 0.560. The Bertz CT molecular complexity index is 528. The van der Waals surface area contributed by atoms with Gasteiger partial charge in [-0.25, -0.2) is 4.98 Å². The molecule has 0 saturated carbocycles. The molecule has 1 heterocycles. The van der Waals surface area contributed by atoms with Crippen LogP contribution in [0, 0.1) is 6.92 Å². The molecule has 2 nitrogen and oxygen atoms in total. The van der Waals surface area contributed by atoms with Gasteiger partial charge in [-0.2, -0.15) is 0 Å². The van der Waals surface area contributed by atoms with Crippen LogP contribution < -0.4 is 0 Å². The van der Waals surface area contributed by atoms with E-state index in [0.717, 1.165) is 19.4 Å². The Kier molecular flexibility index (Phi) is 7.21. The quantitative estimate of drug-likeness (QED) is 0.542. The van der Waals surface area contributed by atoms with Gasteiger partial charge in [0.1, 0.15) is 5.82 Å². The Hall–Kier alpha value is -1.57. The minimum atomic E-state index is 1.08. The summed E-state index contributed by atoms with van der Waals surface area (Å²) in [7, 11) is 0. The van der Waals surface area contributed by atoms with E-state index in [-0.39, 0.29) is 0 Å². The maximum atomic E-state index is 4.72. The molecule has 22 heavy (non-hydrogen) atoms. The third kappa shape index (κ3) is 5.67. The summed E-state index contributed by atoms with van der Waals surface area (Å²) in [5, 5.41) is 0. The van der Waals surface area contributed by atoms with Gasteiger partial charge in [0, 0.05) is 12.7 Å². The molecule has 0 N–H and O–H groups in total. The molecule has 0 unspecified atom stereocenters. The van der Waals surface area contributed by atoms with Crippen LogP contribution in [0.2, 0.25) is 0 Å². The second-order valence-corrected chi connectivity index (χ2v) is 6.23. The van der Waals surface area contributed by atoms with Gasteiger partial charge in [-0.15, -0.1) is 0 Å². The van der Waals surface area contributed by atoms with Crippen molar-refractivity contribution in [1.29, 1.82) is 0 Å². The molecule has 0 fully saturated rings. The van der Waals surface area contributed by atoms with Gasteiger partial charge in [0.2, 0.25) is 0 Å². The van der Waals surface area contributed by atoms with Crippen molar-refractivity contribution in [3.63, 3.8) is 0 Å². The van der Waals surface area contributed by atoms with Crippen molar-refractivity contribution in [2.45, 2.75) is 71.8 Å². The van der Waals surface area contributed by atoms with Crippen molar-refractivity contribution in [2.75, 3.05) is 0 Å². The minimum Gasteiger partial charge on any atom is -0.335 e. The van der Waals surface area contributed by atoms with Gasteiger partial charge in [-0.05, 0) is 38.2 Å². The Labute approximate surface area is 135 Å². The Balaban J connectivity index is 1.72. The number of aromatic nitrogens is 2. The summed E-state index contributed by atoms with van der Waals surface area (Å²) in [5.41, 5.74) is 2.68. The van der Waals surface area contributed by atoms with Crippen molar-refractivity contribution in [1.82, 2.24) is 9.55 Å². The third-order valence-corrected chi connectivity index (χ3v) is 4.27. The molecule has 0 amide bonds. The highest BCUT2D eigenvalue weighted by Crippen LogP contribution is 2.11. The number of unbranched alkanes of at least 4 members (excludes halogenated alkanes) is 4. The molecule has 0 aliphatic rings. The molecule has 0 aliphatic carbocycles. The van der Waals surface area contributed by atoms with Crippen LogP contribution in [-0.2, 0) is 19.4 Å². The van der Waals surface area contributed by atoms with Crippen molar-refractivity contribution in [3.8, 4) is 0 Å². The molecule has 2 heteroatoms. The zero-order valence-corrected chi connectivity index (χ0v) is 14.2. The molecular formula is C20H30N2. The second-order valence-electron chi connectivity index (χ2n) is 6.23. The number of nitrogens with zero attached hydrogens (tertiary/aromatic N) is 2. The van der Waals surface area contributed by atoms with Crippen molar-refractivity contribution in [2.24, 2.45) is 0 Å². The first-order chi connectivity index (χ1) is 10.8. The van der Waals surface area contributed by atoms with Gasteiger partial charge in [0.25, 0.3) is 0 Å². The maximum Gasteiger partial charge on any atom is 0.105 e. The lowest BCUT2D eigenvalue weighted by atomic mass is 10.1. The first kappa shape index (κ1) is 16.8. The fourth-order valence-electron chi connectivity index (χ4n) is 2.93. The van der Waals surface area contributed by atoms with E-state index in [1.807, 2.05) is 0 Å². The summed E-state index contributed by atoms with van der Waals surface area (Å²) in [6, 6.07) is 10.7. The Morgan fingerprint density at radius 1 is 0.909 bits per heavy atom. The van der Waals surface area contributed by atoms with E-state index in [1.165, 1.54) is 55.6 Å². The zero-order valence-electron chi connectivity index (χ0n) is 14.2. The molecule has 120 valence electrons. The van der Waals surface area contributed by atoms with Crippen LogP contribution in [0.25, 0.3) is 0 Å². The molecule has 1 aromatic carbocycles. The molecular weight excluding hydrogens is 268 g/mol. The van der Waals surface area contributed by atoms with Crippen LogP contribution >= 0.6 is 0 Å². The summed E-state index contributed by atoms with van der Waals surface area (Å²) in [4.78, 5) is 4.72. The van der Waals surface area contributed by atoms with Gasteiger partial charge < -0.3 is 4.57 Å². The number of benzene rings is 1. The number of aryl methyl sites for hydroxylation is 4. The number of imidazole rings is 1. The van der Waals surface area contributed by atoms with E-state index in [1.54, 1.807) is 0 Å². The fourth-order valence-corrected chi connectivity index (χ4v) is 2.93. The van der Waals surface area contributed by atoms with Crippen LogP contribution in [0.3, 0.4) is 0 Å². The molecule has 0 spiro atoms. The number of rotatable bonds is 10. The van der Waals surface area contributed by atoms with Crippen LogP contribution in [0.4, 0.5) is 0 Å². The first-order valence-corrected chi connectivity index (χ1v) is 8.86. The summed E-state index contributed by atoms with van der Waals surface area (Å²) in [6.07, 6.45) is 12.3. The largest absolute Gasteiger partial charge is 0.335 e. The lowest BCUT2D eigenvalue weighted by Crippen LogP contribution is -1.98. The van der Waals surface area contributed by atoms with Gasteiger partial charge in [0.15, 0.2) is 0 Å². The average molecular weight is 298 g/mol. The summed E-state index contributed by atoms with van der Waals surface area (Å²) >= 11 is 0. The third-order valence-electron chi connectivity index (χ3n) is 4.27. The van der Waals surface area contributed by atoms with Crippen LogP contribution in [0.1, 0.15) is 62.5 Å². The van der Waals surface area contributed by atoms with E-state index in [4.69, 9.17) is 4.98 Å². The molecule has 0 radical (unpaired) electrons. The molecule has 0 aliphatic heterocycles. The van der Waals surface area contributed by atoms with Crippen LogP contribution in [-0.4, -0.2) is 9.55 Å². The SMILES string of the molecule is CCCCCCCn1cc(CCCc2ccccc2)nc1C. The van der Waals surface area contributed by atoms with Crippen molar-refractivity contribution >= 4 is 0 Å². The van der Waals surface area contributed by atoms with Crippen LogP contribution in [0.5, 0.6) is 0 Å². The fraction of sp³-hybridized carbons (Fsp3) is 0.550. The molecule has 0 saturated heterocycles. The number of hydrogen-bond acceptors (Lipinski definition) is 1. The van der Waals surface area contributed by atoms with E-state index in [2.05, 4.69) is 54.9 Å². The number of hydrogen-bond donors (Lipinski definition) is 0. The first-order valence-electron chi connectivity index (χ1n) is 8.86. The highest BCUT2D eigenvalue weighted by atomic mass is 15.1. The van der Waals surface area contributed by atoms with Crippen molar-refractivity contribution in [3.05, 3.63) is 53.6 Å². The highest BCUT2D eigenvalue weighted by molar-refractivity contribution is 5.15. The van der Waals surface area contributed by atoms with Gasteiger partial charge in [-0.1, -0.05) is 62.9 Å². The van der Waals surface area contributed by atoms with E-state index in [0.29, 0.717) is 0 Å². The summed E-state index contributed by atoms with van der Waals surface area (Å²) in [5.74, 6) is 1.17. The summed E-state index contributed by atoms with van der Waals surface area (Å²) in [6.45, 7) is 5.52. The normalized spacial score (nSPS) is 11.0. The Morgan fingerprint density at radius 2 is 1.68 bits per heavy atom. The standard InChI is InChI=1S/C20H30N2/c1-3-4-5-6-10-16-22-17-20(21-18(22)2)15-11-14-19-12-8-7-9-13-19/h7-9,12-13,17H,3-6,10-11,14-16H2,1-2H3. The molecule has 0 atom stereocenters. The lowest BCUT2D eigenvalue weighted by Gasteiger charge is -2.04. The van der Waals surface area contributed by atoms with Gasteiger partial charge in [0.05, 0.1) is 5.69 Å². The topological polar surface area (TPSA) is 17.8 Å². The van der Waals surface area contributed by atoms with E-state index in [9.17, 15) is 0 Å². The van der Waals surface area contributed by atoms with Gasteiger partial charge >= 0.3 is 0 Å². The predicted octanol–water partition coefficient (Wildman–Crippen LogP) is 5.34. The van der Waals surface area contributed by atoms with Gasteiger partial charge in [-0.3, -0.25) is 0 Å². The maximum absolute atomic E-state index is 4.72. The smallest absolute Gasteiger partial charge is 0.105 e. The van der Waals surface area contributed by atoms with Crippen LogP contribution in [0.15, 0.2) is 36.5 Å². The zero-order chi connectivity index (χ0) is 15.6. The molecule has 1 aromatic heterocycles. The minimum absolute atomic E-state index is 1.08. The molecule has 0 bridgehead atoms. The van der Waals surface area contributed by atoms with Crippen molar-refractivity contribution < 1.29 is 0 Å². The molecule has 2 rings (SSSR count).